The molecular formula is C10H15NO2S. The van der Waals surface area contributed by atoms with Crippen LogP contribution in [0.1, 0.15) is 23.8 Å². The maximum absolute atomic E-state index is 10.6. The molecule has 78 valence electrons. The summed E-state index contributed by atoms with van der Waals surface area (Å²) in [5.74, 6) is -0.319. The summed E-state index contributed by atoms with van der Waals surface area (Å²) in [6, 6.07) is 2.08. The summed E-state index contributed by atoms with van der Waals surface area (Å²) >= 11 is 1.71. The van der Waals surface area contributed by atoms with Crippen molar-refractivity contribution in [2.24, 2.45) is 5.73 Å². The Kier molecular flexibility index (Phi) is 4.10. The van der Waals surface area contributed by atoms with Crippen LogP contribution in [-0.2, 0) is 16.0 Å². The Morgan fingerprint density at radius 1 is 1.71 bits per heavy atom. The quantitative estimate of drug-likeness (QED) is 0.613. The predicted molar refractivity (Wildman–Crippen MR) is 57.1 cm³/mol. The standard InChI is InChI=1S/C10H15NO2S/c1-7-5-6-14-9(7)3-4-10(11)13-8(2)12/h5-6,10H,3-4,11H2,1-2H3. The first kappa shape index (κ1) is 11.2. The molecule has 4 heteroatoms. The monoisotopic (exact) mass is 213 g/mol. The molecule has 1 rings (SSSR count). The minimum absolute atomic E-state index is 0.319. The fraction of sp³-hybridized carbons (Fsp3) is 0.500. The minimum atomic E-state index is -0.478. The predicted octanol–water partition coefficient (Wildman–Crippen LogP) is 1.84. The van der Waals surface area contributed by atoms with Gasteiger partial charge in [-0.1, -0.05) is 0 Å². The van der Waals surface area contributed by atoms with Crippen LogP contribution in [0.3, 0.4) is 0 Å². The lowest BCUT2D eigenvalue weighted by molar-refractivity contribution is -0.146. The topological polar surface area (TPSA) is 52.3 Å². The Balaban J connectivity index is 2.34. The van der Waals surface area contributed by atoms with Crippen molar-refractivity contribution in [2.75, 3.05) is 0 Å². The molecule has 0 aliphatic carbocycles. The summed E-state index contributed by atoms with van der Waals surface area (Å²) in [7, 11) is 0. The summed E-state index contributed by atoms with van der Waals surface area (Å²) in [6.45, 7) is 3.44. The van der Waals surface area contributed by atoms with Crippen LogP contribution in [-0.4, -0.2) is 12.2 Å². The molecule has 0 saturated carbocycles. The van der Waals surface area contributed by atoms with E-state index in [-0.39, 0.29) is 5.97 Å². The molecule has 14 heavy (non-hydrogen) atoms. The first-order valence-electron chi connectivity index (χ1n) is 4.55. The second-order valence-electron chi connectivity index (χ2n) is 3.21. The van der Waals surface area contributed by atoms with E-state index < -0.39 is 6.23 Å². The molecule has 0 spiro atoms. The molecule has 0 bridgehead atoms. The van der Waals surface area contributed by atoms with Crippen molar-refractivity contribution in [1.29, 1.82) is 0 Å². The van der Waals surface area contributed by atoms with Gasteiger partial charge in [0.1, 0.15) is 0 Å². The average molecular weight is 213 g/mol. The number of esters is 1. The van der Waals surface area contributed by atoms with Gasteiger partial charge in [0.05, 0.1) is 0 Å². The summed E-state index contributed by atoms with van der Waals surface area (Å²) in [6.07, 6.45) is 1.08. The third-order valence-electron chi connectivity index (χ3n) is 1.94. The van der Waals surface area contributed by atoms with Crippen LogP contribution >= 0.6 is 11.3 Å². The third-order valence-corrected chi connectivity index (χ3v) is 3.02. The van der Waals surface area contributed by atoms with Crippen molar-refractivity contribution in [3.05, 3.63) is 21.9 Å². The molecule has 0 radical (unpaired) electrons. The number of carbonyl (C=O) groups is 1. The molecule has 1 aromatic heterocycles. The van der Waals surface area contributed by atoms with E-state index in [0.717, 1.165) is 6.42 Å². The van der Waals surface area contributed by atoms with E-state index in [9.17, 15) is 4.79 Å². The lowest BCUT2D eigenvalue weighted by Crippen LogP contribution is -2.26. The van der Waals surface area contributed by atoms with E-state index in [1.807, 2.05) is 0 Å². The van der Waals surface area contributed by atoms with Gasteiger partial charge >= 0.3 is 5.97 Å². The fourth-order valence-electron chi connectivity index (χ4n) is 1.21. The first-order valence-corrected chi connectivity index (χ1v) is 5.43. The van der Waals surface area contributed by atoms with Gasteiger partial charge in [-0.15, -0.1) is 11.3 Å². The van der Waals surface area contributed by atoms with E-state index in [0.29, 0.717) is 6.42 Å². The number of hydrogen-bond acceptors (Lipinski definition) is 4. The zero-order valence-corrected chi connectivity index (χ0v) is 9.26. The van der Waals surface area contributed by atoms with Gasteiger partial charge in [0.15, 0.2) is 6.23 Å². The highest BCUT2D eigenvalue weighted by atomic mass is 32.1. The number of aryl methyl sites for hydroxylation is 2. The Bertz CT molecular complexity index is 309. The Hall–Kier alpha value is -0.870. The van der Waals surface area contributed by atoms with Crippen LogP contribution in [0.5, 0.6) is 0 Å². The minimum Gasteiger partial charge on any atom is -0.447 e. The highest BCUT2D eigenvalue weighted by Gasteiger charge is 2.07. The normalized spacial score (nSPS) is 12.5. The van der Waals surface area contributed by atoms with Gasteiger partial charge in [-0.05, 0) is 30.4 Å². The molecule has 1 heterocycles. The summed E-state index contributed by atoms with van der Waals surface area (Å²) in [5.41, 5.74) is 6.89. The molecule has 0 saturated heterocycles. The van der Waals surface area contributed by atoms with Crippen LogP contribution < -0.4 is 5.73 Å². The molecule has 1 aromatic rings. The average Bonchev–Trinajstić information content (AvgIpc) is 2.46. The maximum Gasteiger partial charge on any atom is 0.304 e. The van der Waals surface area contributed by atoms with Crippen LogP contribution in [0.15, 0.2) is 11.4 Å². The lowest BCUT2D eigenvalue weighted by atomic mass is 10.2. The van der Waals surface area contributed by atoms with Gasteiger partial charge < -0.3 is 4.74 Å². The fourth-order valence-corrected chi connectivity index (χ4v) is 2.13. The second kappa shape index (κ2) is 5.12. The molecule has 2 N–H and O–H groups in total. The zero-order chi connectivity index (χ0) is 10.6. The Labute approximate surface area is 87.9 Å². The highest BCUT2D eigenvalue weighted by molar-refractivity contribution is 7.10. The summed E-state index contributed by atoms with van der Waals surface area (Å²) < 4.78 is 4.83. The van der Waals surface area contributed by atoms with Gasteiger partial charge in [-0.25, -0.2) is 0 Å². The number of rotatable bonds is 4. The molecule has 1 atom stereocenters. The largest absolute Gasteiger partial charge is 0.447 e. The molecule has 0 fully saturated rings. The van der Waals surface area contributed by atoms with E-state index in [1.165, 1.54) is 17.4 Å². The smallest absolute Gasteiger partial charge is 0.304 e. The number of carbonyl (C=O) groups excluding carboxylic acids is 1. The van der Waals surface area contributed by atoms with Crippen LogP contribution in [0.25, 0.3) is 0 Å². The van der Waals surface area contributed by atoms with E-state index in [2.05, 4.69) is 18.4 Å². The number of nitrogens with two attached hydrogens (primary N) is 1. The lowest BCUT2D eigenvalue weighted by Gasteiger charge is -2.10. The van der Waals surface area contributed by atoms with Gasteiger partial charge in [0.25, 0.3) is 0 Å². The van der Waals surface area contributed by atoms with Crippen LogP contribution in [0.2, 0.25) is 0 Å². The Morgan fingerprint density at radius 3 is 2.93 bits per heavy atom. The SMILES string of the molecule is CC(=O)OC(N)CCc1sccc1C. The molecule has 0 amide bonds. The first-order chi connectivity index (χ1) is 6.59. The van der Waals surface area contributed by atoms with E-state index in [4.69, 9.17) is 10.5 Å². The van der Waals surface area contributed by atoms with Crippen molar-refractivity contribution in [2.45, 2.75) is 32.9 Å². The number of thiophene rings is 1. The maximum atomic E-state index is 10.6. The molecular weight excluding hydrogens is 198 g/mol. The van der Waals surface area contributed by atoms with Crippen LogP contribution in [0, 0.1) is 6.92 Å². The van der Waals surface area contributed by atoms with E-state index >= 15 is 0 Å². The van der Waals surface area contributed by atoms with Crippen LogP contribution in [0.4, 0.5) is 0 Å². The van der Waals surface area contributed by atoms with Gasteiger partial charge in [0.2, 0.25) is 0 Å². The molecule has 0 aliphatic rings. The molecule has 0 aromatic carbocycles. The highest BCUT2D eigenvalue weighted by Crippen LogP contribution is 2.17. The van der Waals surface area contributed by atoms with Crippen molar-refractivity contribution in [1.82, 2.24) is 0 Å². The van der Waals surface area contributed by atoms with Gasteiger partial charge in [-0.2, -0.15) is 0 Å². The van der Waals surface area contributed by atoms with Crippen molar-refractivity contribution >= 4 is 17.3 Å². The van der Waals surface area contributed by atoms with Crippen molar-refractivity contribution < 1.29 is 9.53 Å². The van der Waals surface area contributed by atoms with E-state index in [1.54, 1.807) is 11.3 Å². The van der Waals surface area contributed by atoms with Gasteiger partial charge in [-0.3, -0.25) is 10.5 Å². The zero-order valence-electron chi connectivity index (χ0n) is 8.45. The molecule has 0 aliphatic heterocycles. The second-order valence-corrected chi connectivity index (χ2v) is 4.21. The van der Waals surface area contributed by atoms with Crippen molar-refractivity contribution in [3.63, 3.8) is 0 Å². The Morgan fingerprint density at radius 2 is 2.43 bits per heavy atom. The number of ether oxygens (including phenoxy) is 1. The molecule has 1 unspecified atom stereocenters. The third kappa shape index (κ3) is 3.47. The molecule has 3 nitrogen and oxygen atoms in total. The summed E-state index contributed by atoms with van der Waals surface area (Å²) in [4.78, 5) is 11.9. The van der Waals surface area contributed by atoms with Crippen molar-refractivity contribution in [3.8, 4) is 0 Å². The van der Waals surface area contributed by atoms with Gasteiger partial charge in [0, 0.05) is 18.2 Å². The summed E-state index contributed by atoms with van der Waals surface area (Å²) in [5, 5.41) is 2.06. The number of hydrogen-bond donors (Lipinski definition) is 1.